The van der Waals surface area contributed by atoms with Crippen molar-refractivity contribution >= 4 is 11.4 Å². The van der Waals surface area contributed by atoms with Crippen molar-refractivity contribution in [1.82, 2.24) is 0 Å². The zero-order chi connectivity index (χ0) is 28.8. The van der Waals surface area contributed by atoms with Gasteiger partial charge in [0.15, 0.2) is 37.7 Å². The molecule has 0 amide bonds. The lowest BCUT2D eigenvalue weighted by atomic mass is 9.77. The number of benzene rings is 1. The summed E-state index contributed by atoms with van der Waals surface area (Å²) in [5.74, 6) is -1.11. The maximum absolute atomic E-state index is 9.58. The monoisotopic (exact) mass is 542 g/mol. The van der Waals surface area contributed by atoms with Crippen molar-refractivity contribution in [2.45, 2.75) is 132 Å². The van der Waals surface area contributed by atoms with Crippen LogP contribution in [0.3, 0.4) is 0 Å². The zero-order valence-corrected chi connectivity index (χ0v) is 25.0. The standard InChI is InChI=1S/C28H50N2O8/c1-12-32-19(4)34-21(6)36-23(8)38-28(11,37-22(7)35-20(5)33-18(3)31)30-26-14-13-25(29)16-24(26)15-17(2)27(30,9)10/h13-14,16-23,31H,12,15,29H2,1-11H3. The van der Waals surface area contributed by atoms with Crippen molar-refractivity contribution in [3.05, 3.63) is 23.8 Å². The minimum atomic E-state index is -1.35. The lowest BCUT2D eigenvalue weighted by Gasteiger charge is -2.56. The number of hydrogen-bond donors (Lipinski definition) is 2. The van der Waals surface area contributed by atoms with Crippen molar-refractivity contribution in [2.75, 3.05) is 17.2 Å². The number of nitrogens with zero attached hydrogens (tertiary/aromatic N) is 1. The van der Waals surface area contributed by atoms with Gasteiger partial charge in [0, 0.05) is 30.4 Å². The topological polar surface area (TPSA) is 114 Å². The molecule has 0 saturated carbocycles. The number of rotatable bonds is 15. The molecule has 38 heavy (non-hydrogen) atoms. The molecule has 0 bridgehead atoms. The van der Waals surface area contributed by atoms with E-state index in [0.29, 0.717) is 12.3 Å². The lowest BCUT2D eigenvalue weighted by Crippen LogP contribution is -2.66. The number of nitrogens with two attached hydrogens (primary N) is 1. The molecule has 2 rings (SSSR count). The molecular formula is C28H50N2O8. The molecule has 1 aromatic carbocycles. The fourth-order valence-electron chi connectivity index (χ4n) is 5.07. The van der Waals surface area contributed by atoms with Crippen molar-refractivity contribution in [3.8, 4) is 0 Å². The minimum absolute atomic E-state index is 0.238. The van der Waals surface area contributed by atoms with Crippen molar-refractivity contribution in [3.63, 3.8) is 0 Å². The summed E-state index contributed by atoms with van der Waals surface area (Å²) in [4.78, 5) is 2.12. The van der Waals surface area contributed by atoms with Crippen molar-refractivity contribution in [1.29, 1.82) is 0 Å². The Morgan fingerprint density at radius 1 is 0.947 bits per heavy atom. The summed E-state index contributed by atoms with van der Waals surface area (Å²) in [6, 6.07) is 5.87. The van der Waals surface area contributed by atoms with Gasteiger partial charge in [-0.2, -0.15) is 0 Å². The molecule has 0 aliphatic carbocycles. The van der Waals surface area contributed by atoms with E-state index in [1.54, 1.807) is 27.7 Å². The van der Waals surface area contributed by atoms with E-state index in [2.05, 4.69) is 25.7 Å². The van der Waals surface area contributed by atoms with Gasteiger partial charge < -0.3 is 48.9 Å². The van der Waals surface area contributed by atoms with Crippen molar-refractivity contribution < 1.29 is 38.3 Å². The van der Waals surface area contributed by atoms with Crippen LogP contribution in [0.25, 0.3) is 0 Å². The molecule has 0 fully saturated rings. The van der Waals surface area contributed by atoms with Crippen LogP contribution in [0.2, 0.25) is 0 Å². The molecule has 3 N–H and O–H groups in total. The van der Waals surface area contributed by atoms with E-state index in [4.69, 9.17) is 38.9 Å². The summed E-state index contributed by atoms with van der Waals surface area (Å²) < 4.78 is 41.5. The van der Waals surface area contributed by atoms with Crippen LogP contribution in [0.15, 0.2) is 18.2 Å². The number of aliphatic hydroxyl groups is 1. The molecule has 0 saturated heterocycles. The Balaban J connectivity index is 2.40. The van der Waals surface area contributed by atoms with Gasteiger partial charge in [-0.25, -0.2) is 0 Å². The molecule has 10 heteroatoms. The Morgan fingerprint density at radius 3 is 2.00 bits per heavy atom. The molecule has 0 spiro atoms. The molecule has 10 nitrogen and oxygen atoms in total. The Morgan fingerprint density at radius 2 is 1.47 bits per heavy atom. The smallest absolute Gasteiger partial charge is 0.253 e. The van der Waals surface area contributed by atoms with Gasteiger partial charge in [0.05, 0.1) is 0 Å². The van der Waals surface area contributed by atoms with Gasteiger partial charge in [0.2, 0.25) is 0 Å². The third-order valence-electron chi connectivity index (χ3n) is 6.77. The molecule has 8 unspecified atom stereocenters. The first-order valence-electron chi connectivity index (χ1n) is 13.5. The minimum Gasteiger partial charge on any atom is -0.399 e. The largest absolute Gasteiger partial charge is 0.399 e. The van der Waals surface area contributed by atoms with Gasteiger partial charge in [-0.1, -0.05) is 6.92 Å². The second kappa shape index (κ2) is 13.7. The van der Waals surface area contributed by atoms with Crippen LogP contribution in [0.4, 0.5) is 11.4 Å². The highest BCUT2D eigenvalue weighted by Crippen LogP contribution is 2.46. The van der Waals surface area contributed by atoms with Crippen LogP contribution in [0.1, 0.15) is 81.7 Å². The SMILES string of the molecule is CCOC(C)OC(C)OC(C)OC(C)(OC(C)OC(C)OC(C)O)N1c2ccc(N)cc2CC(C)C1(C)C. The highest BCUT2D eigenvalue weighted by atomic mass is 16.9. The second-order valence-electron chi connectivity index (χ2n) is 10.6. The number of anilines is 2. The van der Waals surface area contributed by atoms with E-state index in [-0.39, 0.29) is 11.5 Å². The van der Waals surface area contributed by atoms with Gasteiger partial charge in [0.1, 0.15) is 0 Å². The summed E-state index contributed by atoms with van der Waals surface area (Å²) in [5, 5.41) is 9.58. The molecular weight excluding hydrogens is 492 g/mol. The Kier molecular flexibility index (Phi) is 11.8. The summed E-state index contributed by atoms with van der Waals surface area (Å²) in [7, 11) is 0. The van der Waals surface area contributed by atoms with Gasteiger partial charge in [-0.15, -0.1) is 0 Å². The maximum atomic E-state index is 9.58. The third-order valence-corrected chi connectivity index (χ3v) is 6.77. The molecule has 220 valence electrons. The van der Waals surface area contributed by atoms with E-state index in [0.717, 1.165) is 17.7 Å². The van der Waals surface area contributed by atoms with E-state index in [1.165, 1.54) is 6.92 Å². The molecule has 0 aromatic heterocycles. The van der Waals surface area contributed by atoms with E-state index >= 15 is 0 Å². The maximum Gasteiger partial charge on any atom is 0.253 e. The average Bonchev–Trinajstić information content (AvgIpc) is 2.73. The number of fused-ring (bicyclic) bond motifs is 1. The summed E-state index contributed by atoms with van der Waals surface area (Å²) in [5.41, 5.74) is 8.51. The molecule has 1 aliphatic rings. The van der Waals surface area contributed by atoms with Gasteiger partial charge >= 0.3 is 0 Å². The predicted molar refractivity (Wildman–Crippen MR) is 146 cm³/mol. The number of hydrogen-bond acceptors (Lipinski definition) is 10. The van der Waals surface area contributed by atoms with E-state index in [1.807, 2.05) is 39.0 Å². The lowest BCUT2D eigenvalue weighted by molar-refractivity contribution is -0.378. The molecule has 8 atom stereocenters. The van der Waals surface area contributed by atoms with Crippen LogP contribution in [0.5, 0.6) is 0 Å². The van der Waals surface area contributed by atoms with Crippen LogP contribution in [0, 0.1) is 5.92 Å². The van der Waals surface area contributed by atoms with Gasteiger partial charge in [0.25, 0.3) is 5.91 Å². The zero-order valence-electron chi connectivity index (χ0n) is 25.0. The van der Waals surface area contributed by atoms with Crippen LogP contribution in [-0.4, -0.2) is 60.9 Å². The normalized spacial score (nSPS) is 23.6. The first-order valence-corrected chi connectivity index (χ1v) is 13.5. The summed E-state index contributed by atoms with van der Waals surface area (Å²) in [6.07, 6.45) is -3.34. The predicted octanol–water partition coefficient (Wildman–Crippen LogP) is 4.92. The summed E-state index contributed by atoms with van der Waals surface area (Å²) in [6.45, 7) is 21.2. The Bertz CT molecular complexity index is 869. The first kappa shape index (κ1) is 32.7. The third kappa shape index (κ3) is 8.76. The number of nitrogen functional groups attached to an aromatic ring is 1. The van der Waals surface area contributed by atoms with E-state index in [9.17, 15) is 5.11 Å². The quantitative estimate of drug-likeness (QED) is 0.234. The van der Waals surface area contributed by atoms with Crippen molar-refractivity contribution in [2.24, 2.45) is 5.92 Å². The Hall–Kier alpha value is -1.50. The number of ether oxygens (including phenoxy) is 7. The van der Waals surface area contributed by atoms with Gasteiger partial charge in [-0.3, -0.25) is 0 Å². The molecule has 1 aromatic rings. The first-order chi connectivity index (χ1) is 17.6. The molecule has 0 radical (unpaired) electrons. The van der Waals surface area contributed by atoms with Gasteiger partial charge in [-0.05, 0) is 98.4 Å². The molecule has 1 heterocycles. The van der Waals surface area contributed by atoms with Crippen LogP contribution < -0.4 is 10.6 Å². The second-order valence-corrected chi connectivity index (χ2v) is 10.6. The molecule has 1 aliphatic heterocycles. The highest BCUT2D eigenvalue weighted by Gasteiger charge is 2.50. The average molecular weight is 543 g/mol. The Labute approximate surface area is 228 Å². The van der Waals surface area contributed by atoms with Crippen LogP contribution >= 0.6 is 0 Å². The summed E-state index contributed by atoms with van der Waals surface area (Å²) >= 11 is 0. The number of aliphatic hydroxyl groups excluding tert-OH is 1. The van der Waals surface area contributed by atoms with Crippen LogP contribution in [-0.2, 0) is 39.6 Å². The fourth-order valence-corrected chi connectivity index (χ4v) is 5.07. The highest BCUT2D eigenvalue weighted by molar-refractivity contribution is 5.64. The fraction of sp³-hybridized carbons (Fsp3) is 0.786. The van der Waals surface area contributed by atoms with E-state index < -0.39 is 43.7 Å².